The van der Waals surface area contributed by atoms with Crippen LogP contribution in [0.4, 0.5) is 0 Å². The van der Waals surface area contributed by atoms with Crippen LogP contribution in [-0.2, 0) is 25.4 Å². The Morgan fingerprint density at radius 1 is 1.35 bits per heavy atom. The first-order chi connectivity index (χ1) is 9.24. The Balaban J connectivity index is 4.88. The Labute approximate surface area is 127 Å². The molecule has 0 fully saturated rings. The van der Waals surface area contributed by atoms with Crippen molar-refractivity contribution in [3.05, 3.63) is 24.2 Å². The van der Waals surface area contributed by atoms with Gasteiger partial charge in [0.25, 0.3) is 0 Å². The average molecular weight is 320 g/mol. The van der Waals surface area contributed by atoms with E-state index in [0.717, 1.165) is 5.70 Å². The van der Waals surface area contributed by atoms with Crippen LogP contribution in [0.15, 0.2) is 29.2 Å². The van der Waals surface area contributed by atoms with Crippen molar-refractivity contribution in [1.29, 1.82) is 0 Å². The van der Waals surface area contributed by atoms with Gasteiger partial charge < -0.3 is 10.3 Å². The van der Waals surface area contributed by atoms with Gasteiger partial charge >= 0.3 is 6.72 Å². The third kappa shape index (κ3) is 7.80. The molecular weight excluding hydrogens is 295 g/mol. The lowest BCUT2D eigenvalue weighted by Gasteiger charge is -2.20. The predicted molar refractivity (Wildman–Crippen MR) is 88.0 cm³/mol. The van der Waals surface area contributed by atoms with Gasteiger partial charge in [-0.25, -0.2) is 0 Å². The highest BCUT2D eigenvalue weighted by Gasteiger charge is 2.21. The number of allylic oxidation sites excluding steroid dienone is 2. The van der Waals surface area contributed by atoms with E-state index in [9.17, 15) is 0 Å². The summed E-state index contributed by atoms with van der Waals surface area (Å²) in [4.78, 5) is 4.32. The minimum absolute atomic E-state index is 0.132. The van der Waals surface area contributed by atoms with Crippen LogP contribution in [-0.4, -0.2) is 18.9 Å². The van der Waals surface area contributed by atoms with E-state index >= 15 is 0 Å². The van der Waals surface area contributed by atoms with Crippen LogP contribution in [0.2, 0.25) is 0 Å². The highest BCUT2D eigenvalue weighted by Crippen LogP contribution is 2.50. The fourth-order valence-corrected chi connectivity index (χ4v) is 3.17. The Kier molecular flexibility index (Phi) is 8.98. The molecule has 0 aliphatic heterocycles. The van der Waals surface area contributed by atoms with Crippen molar-refractivity contribution in [2.45, 2.75) is 34.6 Å². The smallest absolute Gasteiger partial charge is 0.381 e. The molecule has 7 heteroatoms. The number of rotatable bonds is 9. The van der Waals surface area contributed by atoms with Crippen molar-refractivity contribution in [1.82, 2.24) is 0 Å². The molecule has 0 amide bonds. The highest BCUT2D eigenvalue weighted by atomic mass is 32.5. The zero-order chi connectivity index (χ0) is 15.8. The van der Waals surface area contributed by atoms with Crippen molar-refractivity contribution in [2.75, 3.05) is 13.2 Å². The fourth-order valence-electron chi connectivity index (χ4n) is 1.16. The first kappa shape index (κ1) is 19.3. The van der Waals surface area contributed by atoms with Gasteiger partial charge in [0, 0.05) is 29.3 Å². The number of nitrogens with two attached hydrogens (primary N) is 1. The van der Waals surface area contributed by atoms with E-state index < -0.39 is 6.72 Å². The second-order valence-electron chi connectivity index (χ2n) is 4.32. The third-order valence-corrected chi connectivity index (χ3v) is 4.57. The van der Waals surface area contributed by atoms with Crippen LogP contribution in [0, 0.1) is 5.92 Å². The number of hydrogen-bond donors (Lipinski definition) is 1. The van der Waals surface area contributed by atoms with E-state index in [1.54, 1.807) is 6.08 Å². The van der Waals surface area contributed by atoms with Crippen molar-refractivity contribution in [3.63, 3.8) is 0 Å². The lowest BCUT2D eigenvalue weighted by atomic mass is 10.2. The third-order valence-electron chi connectivity index (χ3n) is 2.13. The van der Waals surface area contributed by atoms with E-state index in [4.69, 9.17) is 31.1 Å². The molecule has 0 aliphatic carbocycles. The van der Waals surface area contributed by atoms with Crippen molar-refractivity contribution in [3.8, 4) is 0 Å². The summed E-state index contributed by atoms with van der Waals surface area (Å²) >= 11 is 5.22. The average Bonchev–Trinajstić information content (AvgIpc) is 2.27. The standard InChI is InChI=1S/C13H25N2O3PS/c1-7-16-19(20,17-8-2)18-13(14)9-11(5)15-12(6)10(3)4/h9-10H,6-8,14H2,1-5H3/b13-9+,15-11?. The van der Waals surface area contributed by atoms with E-state index in [0.29, 0.717) is 18.9 Å². The zero-order valence-corrected chi connectivity index (χ0v) is 14.6. The van der Waals surface area contributed by atoms with Crippen LogP contribution in [0.3, 0.4) is 0 Å². The molecule has 0 bridgehead atoms. The van der Waals surface area contributed by atoms with Gasteiger partial charge in [-0.3, -0.25) is 14.0 Å². The molecule has 0 aromatic rings. The summed E-state index contributed by atoms with van der Waals surface area (Å²) < 4.78 is 16.1. The fraction of sp³-hybridized carbons (Fsp3) is 0.615. The molecule has 0 saturated carbocycles. The lowest BCUT2D eigenvalue weighted by Crippen LogP contribution is -2.07. The summed E-state index contributed by atoms with van der Waals surface area (Å²) in [6.07, 6.45) is 1.59. The van der Waals surface area contributed by atoms with Gasteiger partial charge in [0.15, 0.2) is 5.88 Å². The molecule has 116 valence electrons. The number of nitrogens with zero attached hydrogens (tertiary/aromatic N) is 1. The van der Waals surface area contributed by atoms with Gasteiger partial charge in [-0.1, -0.05) is 20.4 Å². The molecule has 0 radical (unpaired) electrons. The molecule has 0 aromatic heterocycles. The molecule has 0 saturated heterocycles. The van der Waals surface area contributed by atoms with Gasteiger partial charge in [0.05, 0.1) is 13.2 Å². The Hall–Kier alpha value is -0.680. The number of hydrogen-bond acceptors (Lipinski definition) is 6. The highest BCUT2D eigenvalue weighted by molar-refractivity contribution is 8.07. The largest absolute Gasteiger partial charge is 0.408 e. The van der Waals surface area contributed by atoms with E-state index in [2.05, 4.69) is 11.6 Å². The minimum Gasteiger partial charge on any atom is -0.408 e. The molecule has 0 heterocycles. The minimum atomic E-state index is -2.82. The lowest BCUT2D eigenvalue weighted by molar-refractivity contribution is 0.194. The molecule has 20 heavy (non-hydrogen) atoms. The van der Waals surface area contributed by atoms with Gasteiger partial charge in [-0.05, 0) is 26.7 Å². The summed E-state index contributed by atoms with van der Waals surface area (Å²) in [5.74, 6) is 0.408. The quantitative estimate of drug-likeness (QED) is 0.398. The molecule has 0 aromatic carbocycles. The van der Waals surface area contributed by atoms with Crippen LogP contribution in [0.25, 0.3) is 0 Å². The van der Waals surface area contributed by atoms with Crippen LogP contribution >= 0.6 is 6.72 Å². The molecule has 0 atom stereocenters. The van der Waals surface area contributed by atoms with Crippen molar-refractivity contribution >= 4 is 24.2 Å². The SMILES string of the molecule is C=C(N=C(C)/C=C(\N)OP(=S)(OCC)OCC)C(C)C. The topological polar surface area (TPSA) is 66.1 Å². The van der Waals surface area contributed by atoms with Crippen molar-refractivity contribution in [2.24, 2.45) is 16.6 Å². The van der Waals surface area contributed by atoms with Crippen LogP contribution < -0.4 is 5.73 Å². The second kappa shape index (κ2) is 9.29. The molecule has 0 spiro atoms. The van der Waals surface area contributed by atoms with Gasteiger partial charge in [-0.2, -0.15) is 0 Å². The van der Waals surface area contributed by atoms with Gasteiger partial charge in [-0.15, -0.1) is 0 Å². The van der Waals surface area contributed by atoms with E-state index in [1.165, 1.54) is 0 Å². The summed E-state index contributed by atoms with van der Waals surface area (Å²) in [5.41, 5.74) is 7.27. The summed E-state index contributed by atoms with van der Waals surface area (Å²) in [6.45, 7) is 11.4. The first-order valence-electron chi connectivity index (χ1n) is 6.54. The molecular formula is C13H25N2O3PS. The molecule has 0 aliphatic rings. The number of aliphatic imine (C=N–C) groups is 1. The Morgan fingerprint density at radius 2 is 1.85 bits per heavy atom. The zero-order valence-electron chi connectivity index (χ0n) is 12.9. The second-order valence-corrected chi connectivity index (χ2v) is 7.26. The van der Waals surface area contributed by atoms with Gasteiger partial charge in [0.2, 0.25) is 0 Å². The molecule has 0 unspecified atom stereocenters. The van der Waals surface area contributed by atoms with E-state index in [1.807, 2.05) is 34.6 Å². The van der Waals surface area contributed by atoms with Gasteiger partial charge in [0.1, 0.15) is 0 Å². The normalized spacial score (nSPS) is 13.7. The summed E-state index contributed by atoms with van der Waals surface area (Å²) in [7, 11) is 0. The van der Waals surface area contributed by atoms with Crippen molar-refractivity contribution < 1.29 is 13.6 Å². The molecule has 2 N–H and O–H groups in total. The van der Waals surface area contributed by atoms with Crippen LogP contribution in [0.1, 0.15) is 34.6 Å². The maximum atomic E-state index is 5.80. The first-order valence-corrected chi connectivity index (χ1v) is 9.09. The monoisotopic (exact) mass is 320 g/mol. The van der Waals surface area contributed by atoms with Crippen LogP contribution in [0.5, 0.6) is 0 Å². The predicted octanol–water partition coefficient (Wildman–Crippen LogP) is 3.73. The molecule has 0 rings (SSSR count). The maximum absolute atomic E-state index is 5.80. The Morgan fingerprint density at radius 3 is 2.25 bits per heavy atom. The van der Waals surface area contributed by atoms with E-state index in [-0.39, 0.29) is 11.8 Å². The Bertz CT molecular complexity index is 423. The molecule has 5 nitrogen and oxygen atoms in total. The maximum Gasteiger partial charge on any atom is 0.381 e. The summed E-state index contributed by atoms with van der Waals surface area (Å²) in [6, 6.07) is 0. The summed E-state index contributed by atoms with van der Waals surface area (Å²) in [5, 5.41) is 0.